The number of nitrogens with one attached hydrogen (secondary N) is 1. The Morgan fingerprint density at radius 2 is 1.83 bits per heavy atom. The molecule has 0 aromatic heterocycles. The maximum absolute atomic E-state index is 13.5. The highest BCUT2D eigenvalue weighted by molar-refractivity contribution is 7.86. The first-order valence-corrected chi connectivity index (χ1v) is 11.3. The van der Waals surface area contributed by atoms with E-state index in [1.807, 2.05) is 30.3 Å². The van der Waals surface area contributed by atoms with Crippen LogP contribution in [-0.4, -0.2) is 26.9 Å². The molecule has 2 aromatic rings. The molecule has 0 spiro atoms. The fourth-order valence-corrected chi connectivity index (χ4v) is 5.37. The molecule has 2 aliphatic rings. The minimum atomic E-state index is -4.44. The Morgan fingerprint density at radius 3 is 2.48 bits per heavy atom. The molecule has 4 atom stereocenters. The number of fused-ring (bicyclic) bond motifs is 3. The highest BCUT2D eigenvalue weighted by Crippen LogP contribution is 2.48. The Labute approximate surface area is 168 Å². The van der Waals surface area contributed by atoms with Crippen LogP contribution in [0.15, 0.2) is 48.5 Å². The van der Waals surface area contributed by atoms with Crippen molar-refractivity contribution in [3.63, 3.8) is 0 Å². The average Bonchev–Trinajstić information content (AvgIpc) is 2.97. The van der Waals surface area contributed by atoms with Gasteiger partial charge in [-0.1, -0.05) is 42.5 Å². The van der Waals surface area contributed by atoms with Gasteiger partial charge in [-0.15, -0.1) is 0 Å². The minimum Gasteiger partial charge on any atom is -0.287 e. The molecule has 156 valence electrons. The summed E-state index contributed by atoms with van der Waals surface area (Å²) in [5.41, 5.74) is 1.23. The fourth-order valence-electron chi connectivity index (χ4n) is 4.81. The predicted octanol–water partition coefficient (Wildman–Crippen LogP) is 3.87. The van der Waals surface area contributed by atoms with Crippen molar-refractivity contribution in [2.24, 2.45) is 5.92 Å². The lowest BCUT2D eigenvalue weighted by molar-refractivity contribution is -0.138. The molecule has 4 rings (SSSR count). The van der Waals surface area contributed by atoms with E-state index < -0.39 is 34.0 Å². The lowest BCUT2D eigenvalue weighted by Gasteiger charge is -2.33. The molecule has 0 radical (unpaired) electrons. The van der Waals surface area contributed by atoms with E-state index in [0.29, 0.717) is 24.8 Å². The van der Waals surface area contributed by atoms with Crippen molar-refractivity contribution in [3.8, 4) is 0 Å². The predicted molar refractivity (Wildman–Crippen MR) is 103 cm³/mol. The van der Waals surface area contributed by atoms with E-state index in [0.717, 1.165) is 17.9 Å². The van der Waals surface area contributed by atoms with E-state index in [4.69, 9.17) is 4.18 Å². The van der Waals surface area contributed by atoms with Crippen LogP contribution in [0.3, 0.4) is 0 Å². The number of rotatable bonds is 4. The second-order valence-electron chi connectivity index (χ2n) is 7.78. The summed E-state index contributed by atoms with van der Waals surface area (Å²) in [5, 5.41) is 3.25. The summed E-state index contributed by atoms with van der Waals surface area (Å²) in [6.45, 7) is 0. The minimum absolute atomic E-state index is 0.0158. The summed E-state index contributed by atoms with van der Waals surface area (Å²) in [5.74, 6) is -0.470. The zero-order valence-corrected chi connectivity index (χ0v) is 16.6. The highest BCUT2D eigenvalue weighted by atomic mass is 32.2. The number of hydrogen-bond donors (Lipinski definition) is 1. The van der Waals surface area contributed by atoms with E-state index in [1.54, 1.807) is 6.07 Å². The summed E-state index contributed by atoms with van der Waals surface area (Å²) in [7, 11) is -3.78. The van der Waals surface area contributed by atoms with E-state index in [-0.39, 0.29) is 17.5 Å². The zero-order chi connectivity index (χ0) is 20.8. The number of alkyl halides is 3. The topological polar surface area (TPSA) is 55.4 Å². The van der Waals surface area contributed by atoms with Gasteiger partial charge >= 0.3 is 6.18 Å². The first-order chi connectivity index (χ1) is 13.6. The molecule has 4 nitrogen and oxygen atoms in total. The molecule has 1 heterocycles. The van der Waals surface area contributed by atoms with Crippen molar-refractivity contribution in [2.75, 3.05) is 6.26 Å². The van der Waals surface area contributed by atoms with Gasteiger partial charge in [-0.05, 0) is 47.9 Å². The lowest BCUT2D eigenvalue weighted by atomic mass is 9.72. The Balaban J connectivity index is 1.73. The van der Waals surface area contributed by atoms with Crippen molar-refractivity contribution in [3.05, 3.63) is 70.8 Å². The van der Waals surface area contributed by atoms with Gasteiger partial charge in [0.05, 0.1) is 11.8 Å². The van der Waals surface area contributed by atoms with Crippen LogP contribution in [0, 0.1) is 5.92 Å². The van der Waals surface area contributed by atoms with Gasteiger partial charge in [0.25, 0.3) is 10.1 Å². The number of halogens is 3. The molecule has 2 aromatic carbocycles. The Hall–Kier alpha value is -1.90. The molecule has 0 amide bonds. The maximum Gasteiger partial charge on any atom is 0.416 e. The standard InChI is InChI=1S/C21H22F3NO3S/c1-29(26,27)28-20-19-15-8-5-9-17(21(22,23)24)14(15)10-11-16(19)18(25-20)12-13-6-3-2-4-7-13/h2-9,16,18-20,25H,10-12H2,1H3. The van der Waals surface area contributed by atoms with Crippen molar-refractivity contribution in [1.29, 1.82) is 0 Å². The first kappa shape index (κ1) is 20.4. The molecule has 8 heteroatoms. The smallest absolute Gasteiger partial charge is 0.287 e. The Bertz CT molecular complexity index is 992. The van der Waals surface area contributed by atoms with Gasteiger partial charge in [-0.3, -0.25) is 9.50 Å². The molecule has 1 fully saturated rings. The van der Waals surface area contributed by atoms with Crippen LogP contribution in [0.2, 0.25) is 0 Å². The SMILES string of the molecule is CS(=O)(=O)OC1NC(Cc2ccccc2)C2CCc3c(cccc3C(F)(F)F)C12. The van der Waals surface area contributed by atoms with Crippen molar-refractivity contribution < 1.29 is 25.8 Å². The summed E-state index contributed by atoms with van der Waals surface area (Å²) in [4.78, 5) is 0. The third-order valence-electron chi connectivity index (χ3n) is 5.86. The van der Waals surface area contributed by atoms with Crippen molar-refractivity contribution in [2.45, 2.75) is 43.6 Å². The maximum atomic E-state index is 13.5. The van der Waals surface area contributed by atoms with Crippen molar-refractivity contribution >= 4 is 10.1 Å². The molecule has 1 N–H and O–H groups in total. The zero-order valence-electron chi connectivity index (χ0n) is 15.8. The third kappa shape index (κ3) is 4.20. The average molecular weight is 425 g/mol. The third-order valence-corrected chi connectivity index (χ3v) is 6.42. The lowest BCUT2D eigenvalue weighted by Crippen LogP contribution is -2.36. The van der Waals surface area contributed by atoms with Gasteiger partial charge < -0.3 is 0 Å². The van der Waals surface area contributed by atoms with Crippen LogP contribution >= 0.6 is 0 Å². The molecule has 1 aliphatic heterocycles. The largest absolute Gasteiger partial charge is 0.416 e. The summed E-state index contributed by atoms with van der Waals surface area (Å²) in [6.07, 6.45) is -2.86. The van der Waals surface area contributed by atoms with Gasteiger partial charge in [-0.25, -0.2) is 0 Å². The van der Waals surface area contributed by atoms with Gasteiger partial charge in [-0.2, -0.15) is 21.6 Å². The Kier molecular flexibility index (Phi) is 5.21. The molecule has 1 aliphatic carbocycles. The molecule has 0 saturated carbocycles. The Morgan fingerprint density at radius 1 is 1.10 bits per heavy atom. The van der Waals surface area contributed by atoms with Crippen LogP contribution in [0.1, 0.15) is 34.6 Å². The van der Waals surface area contributed by atoms with Crippen LogP contribution in [0.4, 0.5) is 13.2 Å². The summed E-state index contributed by atoms with van der Waals surface area (Å²) < 4.78 is 69.5. The first-order valence-electron chi connectivity index (χ1n) is 9.51. The van der Waals surface area contributed by atoms with Crippen molar-refractivity contribution in [1.82, 2.24) is 5.32 Å². The monoisotopic (exact) mass is 425 g/mol. The highest BCUT2D eigenvalue weighted by Gasteiger charge is 2.49. The van der Waals surface area contributed by atoms with E-state index in [2.05, 4.69) is 5.32 Å². The normalized spacial score (nSPS) is 26.8. The summed E-state index contributed by atoms with van der Waals surface area (Å²) in [6, 6.07) is 13.8. The van der Waals surface area contributed by atoms with E-state index in [1.165, 1.54) is 6.07 Å². The van der Waals surface area contributed by atoms with Gasteiger partial charge in [0.2, 0.25) is 0 Å². The molecule has 4 unspecified atom stereocenters. The van der Waals surface area contributed by atoms with Crippen LogP contribution in [0.5, 0.6) is 0 Å². The molecule has 0 bridgehead atoms. The second kappa shape index (κ2) is 7.41. The second-order valence-corrected chi connectivity index (χ2v) is 9.38. The summed E-state index contributed by atoms with van der Waals surface area (Å²) >= 11 is 0. The van der Waals surface area contributed by atoms with Gasteiger partial charge in [0.15, 0.2) is 0 Å². The van der Waals surface area contributed by atoms with Gasteiger partial charge in [0.1, 0.15) is 6.23 Å². The van der Waals surface area contributed by atoms with Crippen LogP contribution in [0.25, 0.3) is 0 Å². The molecular formula is C21H22F3NO3S. The number of hydrogen-bond acceptors (Lipinski definition) is 4. The molecule has 29 heavy (non-hydrogen) atoms. The molecular weight excluding hydrogens is 403 g/mol. The number of benzene rings is 2. The molecule has 1 saturated heterocycles. The fraction of sp³-hybridized carbons (Fsp3) is 0.429. The van der Waals surface area contributed by atoms with E-state index >= 15 is 0 Å². The quantitative estimate of drug-likeness (QED) is 0.756. The van der Waals surface area contributed by atoms with E-state index in [9.17, 15) is 21.6 Å². The van der Waals surface area contributed by atoms with Crippen LogP contribution in [-0.2, 0) is 33.3 Å². The van der Waals surface area contributed by atoms with Gasteiger partial charge in [0, 0.05) is 12.0 Å². The van der Waals surface area contributed by atoms with Crippen LogP contribution < -0.4 is 5.32 Å².